The molecule has 0 amide bonds. The predicted molar refractivity (Wildman–Crippen MR) is 86.3 cm³/mol. The van der Waals surface area contributed by atoms with Crippen molar-refractivity contribution >= 4 is 33.8 Å². The number of rotatable bonds is 1. The van der Waals surface area contributed by atoms with Crippen LogP contribution in [-0.2, 0) is 6.42 Å². The van der Waals surface area contributed by atoms with Crippen LogP contribution in [0.2, 0.25) is 5.02 Å². The van der Waals surface area contributed by atoms with Crippen LogP contribution in [0.3, 0.4) is 0 Å². The van der Waals surface area contributed by atoms with E-state index in [0.717, 1.165) is 23.9 Å². The summed E-state index contributed by atoms with van der Waals surface area (Å²) in [7, 11) is 0. The van der Waals surface area contributed by atoms with Crippen molar-refractivity contribution in [3.05, 3.63) is 56.9 Å². The molecule has 1 aliphatic rings. The number of thiophene rings is 1. The first-order valence-corrected chi connectivity index (χ1v) is 8.07. The third-order valence-corrected chi connectivity index (χ3v) is 5.26. The van der Waals surface area contributed by atoms with E-state index in [1.807, 2.05) is 18.2 Å². The molecule has 1 aliphatic heterocycles. The quantitative estimate of drug-likeness (QED) is 0.716. The van der Waals surface area contributed by atoms with Crippen molar-refractivity contribution in [3.63, 3.8) is 0 Å². The fourth-order valence-electron chi connectivity index (χ4n) is 2.95. The summed E-state index contributed by atoms with van der Waals surface area (Å²) in [6.45, 7) is 0.898. The lowest BCUT2D eigenvalue weighted by Crippen LogP contribution is -2.29. The zero-order valence-corrected chi connectivity index (χ0v) is 12.7. The fourth-order valence-corrected chi connectivity index (χ4v) is 4.15. The van der Waals surface area contributed by atoms with Crippen molar-refractivity contribution in [2.45, 2.75) is 12.5 Å². The second-order valence-electron chi connectivity index (χ2n) is 5.13. The molecule has 2 aromatic heterocycles. The number of aromatic hydroxyl groups is 1. The van der Waals surface area contributed by atoms with Crippen LogP contribution < -0.4 is 5.32 Å². The number of nitrogens with one attached hydrogen (secondary N) is 1. The van der Waals surface area contributed by atoms with Gasteiger partial charge < -0.3 is 10.4 Å². The van der Waals surface area contributed by atoms with E-state index in [2.05, 4.69) is 21.7 Å². The van der Waals surface area contributed by atoms with E-state index in [9.17, 15) is 5.11 Å². The van der Waals surface area contributed by atoms with Gasteiger partial charge in [0.25, 0.3) is 0 Å². The standard InChI is InChI=1S/C16H13ClN2OS/c17-12-8-11(16(20)15-9(12)2-1-5-18-15)14-10-4-7-21-13(10)3-6-19-14/h1-2,4-5,7-8,14,19-20H,3,6H2. The van der Waals surface area contributed by atoms with Crippen molar-refractivity contribution in [1.29, 1.82) is 0 Å². The van der Waals surface area contributed by atoms with Crippen molar-refractivity contribution in [2.75, 3.05) is 6.54 Å². The first-order chi connectivity index (χ1) is 10.3. The number of phenolic OH excluding ortho intramolecular Hbond substituents is 1. The molecule has 0 spiro atoms. The van der Waals surface area contributed by atoms with Gasteiger partial charge in [-0.1, -0.05) is 11.6 Å². The first-order valence-electron chi connectivity index (χ1n) is 6.81. The Balaban J connectivity index is 1.95. The summed E-state index contributed by atoms with van der Waals surface area (Å²) < 4.78 is 0. The molecule has 0 saturated heterocycles. The summed E-state index contributed by atoms with van der Waals surface area (Å²) in [5, 5.41) is 17.6. The molecule has 106 valence electrons. The summed E-state index contributed by atoms with van der Waals surface area (Å²) in [6, 6.07) is 7.64. The molecule has 0 bridgehead atoms. The minimum atomic E-state index is -0.0242. The summed E-state index contributed by atoms with van der Waals surface area (Å²) in [4.78, 5) is 5.65. The third-order valence-electron chi connectivity index (χ3n) is 3.95. The smallest absolute Gasteiger partial charge is 0.147 e. The molecule has 1 aromatic carbocycles. The minimum Gasteiger partial charge on any atom is -0.505 e. The Bertz CT molecular complexity index is 830. The van der Waals surface area contributed by atoms with Gasteiger partial charge in [0.05, 0.1) is 11.1 Å². The van der Waals surface area contributed by atoms with Crippen molar-refractivity contribution in [3.8, 4) is 5.75 Å². The number of hydrogen-bond donors (Lipinski definition) is 2. The van der Waals surface area contributed by atoms with Crippen LogP contribution in [0.25, 0.3) is 10.9 Å². The maximum Gasteiger partial charge on any atom is 0.147 e. The molecule has 4 rings (SSSR count). The van der Waals surface area contributed by atoms with Gasteiger partial charge in [0.2, 0.25) is 0 Å². The van der Waals surface area contributed by atoms with E-state index < -0.39 is 0 Å². The molecule has 3 aromatic rings. The third kappa shape index (κ3) is 2.02. The van der Waals surface area contributed by atoms with Crippen LogP contribution in [0, 0.1) is 0 Å². The van der Waals surface area contributed by atoms with Crippen LogP contribution in [0.15, 0.2) is 35.8 Å². The normalized spacial score (nSPS) is 17.9. The molecule has 21 heavy (non-hydrogen) atoms. The maximum absolute atomic E-state index is 10.6. The van der Waals surface area contributed by atoms with Gasteiger partial charge in [-0.2, -0.15) is 0 Å². The monoisotopic (exact) mass is 316 g/mol. The molecule has 5 heteroatoms. The highest BCUT2D eigenvalue weighted by Gasteiger charge is 2.26. The number of aromatic nitrogens is 1. The summed E-state index contributed by atoms with van der Waals surface area (Å²) in [5.74, 6) is 0.214. The van der Waals surface area contributed by atoms with Gasteiger partial charge in [0.1, 0.15) is 11.3 Å². The molecule has 1 unspecified atom stereocenters. The van der Waals surface area contributed by atoms with Gasteiger partial charge in [0, 0.05) is 28.6 Å². The zero-order chi connectivity index (χ0) is 14.4. The maximum atomic E-state index is 10.6. The van der Waals surface area contributed by atoms with Gasteiger partial charge in [-0.25, -0.2) is 0 Å². The molecule has 0 saturated carbocycles. The summed E-state index contributed by atoms with van der Waals surface area (Å²) in [5.41, 5.74) is 2.59. The van der Waals surface area contributed by atoms with Crippen molar-refractivity contribution in [1.82, 2.24) is 10.3 Å². The highest BCUT2D eigenvalue weighted by molar-refractivity contribution is 7.10. The summed E-state index contributed by atoms with van der Waals surface area (Å²) in [6.07, 6.45) is 2.70. The van der Waals surface area contributed by atoms with Crippen LogP contribution in [0.5, 0.6) is 5.75 Å². The number of nitrogens with zero attached hydrogens (tertiary/aromatic N) is 1. The Morgan fingerprint density at radius 1 is 1.33 bits per heavy atom. The van der Waals surface area contributed by atoms with Crippen molar-refractivity contribution < 1.29 is 5.11 Å². The number of halogens is 1. The number of pyridine rings is 1. The van der Waals surface area contributed by atoms with Crippen LogP contribution >= 0.6 is 22.9 Å². The van der Waals surface area contributed by atoms with Gasteiger partial charge in [-0.05, 0) is 41.6 Å². The van der Waals surface area contributed by atoms with Crippen LogP contribution in [-0.4, -0.2) is 16.6 Å². The lowest BCUT2D eigenvalue weighted by atomic mass is 9.93. The Morgan fingerprint density at radius 3 is 3.14 bits per heavy atom. The second kappa shape index (κ2) is 4.98. The molecular weight excluding hydrogens is 304 g/mol. The van der Waals surface area contributed by atoms with Gasteiger partial charge >= 0.3 is 0 Å². The average molecular weight is 317 g/mol. The SMILES string of the molecule is Oc1c(C2NCCc3sccc32)cc(Cl)c2cccnc12. The zero-order valence-electron chi connectivity index (χ0n) is 11.1. The molecular formula is C16H13ClN2OS. The fraction of sp³-hybridized carbons (Fsp3) is 0.188. The number of phenols is 1. The van der Waals surface area contributed by atoms with Crippen molar-refractivity contribution in [2.24, 2.45) is 0 Å². The van der Waals surface area contributed by atoms with E-state index in [-0.39, 0.29) is 11.8 Å². The molecule has 0 radical (unpaired) electrons. The highest BCUT2D eigenvalue weighted by atomic mass is 35.5. The Labute approximate surface area is 131 Å². The second-order valence-corrected chi connectivity index (χ2v) is 6.54. The van der Waals surface area contributed by atoms with E-state index in [1.165, 1.54) is 10.4 Å². The Kier molecular flexibility index (Phi) is 3.10. The van der Waals surface area contributed by atoms with E-state index in [4.69, 9.17) is 11.6 Å². The number of hydrogen-bond acceptors (Lipinski definition) is 4. The molecule has 3 nitrogen and oxygen atoms in total. The molecule has 1 atom stereocenters. The number of benzene rings is 1. The Morgan fingerprint density at radius 2 is 2.24 bits per heavy atom. The number of fused-ring (bicyclic) bond motifs is 2. The first kappa shape index (κ1) is 13.1. The summed E-state index contributed by atoms with van der Waals surface area (Å²) >= 11 is 8.15. The van der Waals surface area contributed by atoms with Gasteiger partial charge in [-0.15, -0.1) is 11.3 Å². The lowest BCUT2D eigenvalue weighted by molar-refractivity contribution is 0.459. The topological polar surface area (TPSA) is 45.1 Å². The minimum absolute atomic E-state index is 0.0242. The predicted octanol–water partition coefficient (Wildman–Crippen LogP) is 3.89. The van der Waals surface area contributed by atoms with E-state index in [1.54, 1.807) is 17.5 Å². The molecule has 0 aliphatic carbocycles. The lowest BCUT2D eigenvalue weighted by Gasteiger charge is -2.26. The van der Waals surface area contributed by atoms with Crippen LogP contribution in [0.1, 0.15) is 22.0 Å². The largest absolute Gasteiger partial charge is 0.505 e. The van der Waals surface area contributed by atoms with E-state index in [0.29, 0.717) is 10.5 Å². The van der Waals surface area contributed by atoms with Gasteiger partial charge in [-0.3, -0.25) is 4.98 Å². The Hall–Kier alpha value is -1.62. The highest BCUT2D eigenvalue weighted by Crippen LogP contribution is 2.40. The molecule has 2 N–H and O–H groups in total. The van der Waals surface area contributed by atoms with E-state index >= 15 is 0 Å². The average Bonchev–Trinajstić information content (AvgIpc) is 2.99. The molecule has 3 heterocycles. The molecule has 0 fully saturated rings. The van der Waals surface area contributed by atoms with Gasteiger partial charge in [0.15, 0.2) is 0 Å². The van der Waals surface area contributed by atoms with Crippen LogP contribution in [0.4, 0.5) is 0 Å².